The second-order valence-electron chi connectivity index (χ2n) is 5.89. The number of benzene rings is 1. The summed E-state index contributed by atoms with van der Waals surface area (Å²) in [6, 6.07) is 6.98. The standard InChI is InChI=1S/C18H20FN3O4/c1-11(23)22(2)8-7-14-9-15(16(24)18(26)21-14)17(25)20-10-12-3-5-13(19)6-4-12/h3-6,9,24H,7-8,10H2,1-2H3,(H,20,25)(H,21,26). The molecule has 0 aliphatic rings. The zero-order valence-corrected chi connectivity index (χ0v) is 14.5. The lowest BCUT2D eigenvalue weighted by atomic mass is 10.1. The van der Waals surface area contributed by atoms with Crippen LogP contribution in [0.1, 0.15) is 28.5 Å². The number of amides is 2. The van der Waals surface area contributed by atoms with E-state index in [0.29, 0.717) is 24.2 Å². The van der Waals surface area contributed by atoms with E-state index in [0.717, 1.165) is 0 Å². The molecule has 2 amide bonds. The molecule has 1 aromatic carbocycles. The van der Waals surface area contributed by atoms with Gasteiger partial charge in [-0.1, -0.05) is 12.1 Å². The van der Waals surface area contributed by atoms with Crippen molar-refractivity contribution in [1.82, 2.24) is 15.2 Å². The van der Waals surface area contributed by atoms with Gasteiger partial charge in [-0.15, -0.1) is 0 Å². The molecule has 8 heteroatoms. The summed E-state index contributed by atoms with van der Waals surface area (Å²) >= 11 is 0. The number of H-pyrrole nitrogens is 1. The predicted molar refractivity (Wildman–Crippen MR) is 93.3 cm³/mol. The van der Waals surface area contributed by atoms with Crippen molar-refractivity contribution in [3.05, 3.63) is 63.3 Å². The molecule has 26 heavy (non-hydrogen) atoms. The van der Waals surface area contributed by atoms with Gasteiger partial charge in [-0.3, -0.25) is 14.4 Å². The molecule has 0 aliphatic heterocycles. The SMILES string of the molecule is CC(=O)N(C)CCc1cc(C(=O)NCc2ccc(F)cc2)c(O)c(=O)[nH]1. The van der Waals surface area contributed by atoms with Gasteiger partial charge in [0.05, 0.1) is 5.56 Å². The maximum absolute atomic E-state index is 12.9. The minimum atomic E-state index is -0.778. The van der Waals surface area contributed by atoms with Gasteiger partial charge in [0.1, 0.15) is 5.82 Å². The highest BCUT2D eigenvalue weighted by atomic mass is 19.1. The molecule has 0 radical (unpaired) electrons. The number of aromatic nitrogens is 1. The monoisotopic (exact) mass is 361 g/mol. The molecule has 1 aromatic heterocycles. The number of carbonyl (C=O) groups is 2. The van der Waals surface area contributed by atoms with Crippen LogP contribution in [-0.4, -0.2) is 40.4 Å². The number of likely N-dealkylation sites (N-methyl/N-ethyl adjacent to an activating group) is 1. The number of aromatic hydroxyl groups is 1. The Morgan fingerprint density at radius 3 is 2.54 bits per heavy atom. The van der Waals surface area contributed by atoms with Crippen LogP contribution in [0.3, 0.4) is 0 Å². The van der Waals surface area contributed by atoms with Crippen molar-refractivity contribution in [3.8, 4) is 5.75 Å². The van der Waals surface area contributed by atoms with Crippen LogP contribution in [0, 0.1) is 5.82 Å². The van der Waals surface area contributed by atoms with E-state index in [4.69, 9.17) is 0 Å². The van der Waals surface area contributed by atoms with Crippen LogP contribution in [0.4, 0.5) is 4.39 Å². The van der Waals surface area contributed by atoms with Gasteiger partial charge < -0.3 is 20.3 Å². The van der Waals surface area contributed by atoms with Crippen molar-refractivity contribution in [2.45, 2.75) is 19.9 Å². The van der Waals surface area contributed by atoms with E-state index in [2.05, 4.69) is 10.3 Å². The number of aromatic amines is 1. The molecule has 3 N–H and O–H groups in total. The summed E-state index contributed by atoms with van der Waals surface area (Å²) in [7, 11) is 1.62. The highest BCUT2D eigenvalue weighted by Crippen LogP contribution is 2.13. The maximum Gasteiger partial charge on any atom is 0.291 e. The van der Waals surface area contributed by atoms with Gasteiger partial charge in [0.2, 0.25) is 5.91 Å². The predicted octanol–water partition coefficient (Wildman–Crippen LogP) is 1.17. The van der Waals surface area contributed by atoms with E-state index in [9.17, 15) is 23.9 Å². The first-order valence-electron chi connectivity index (χ1n) is 7.97. The van der Waals surface area contributed by atoms with Crippen molar-refractivity contribution >= 4 is 11.8 Å². The van der Waals surface area contributed by atoms with Crippen LogP contribution in [-0.2, 0) is 17.8 Å². The first-order valence-corrected chi connectivity index (χ1v) is 7.97. The van der Waals surface area contributed by atoms with E-state index in [-0.39, 0.29) is 23.8 Å². The molecular weight excluding hydrogens is 341 g/mol. The molecule has 138 valence electrons. The van der Waals surface area contributed by atoms with Crippen LogP contribution in [0.5, 0.6) is 5.75 Å². The average Bonchev–Trinajstić information content (AvgIpc) is 2.61. The van der Waals surface area contributed by atoms with Crippen LogP contribution in [0.15, 0.2) is 35.1 Å². The Bertz CT molecular complexity index is 862. The number of hydrogen-bond donors (Lipinski definition) is 3. The highest BCUT2D eigenvalue weighted by molar-refractivity contribution is 5.96. The maximum atomic E-state index is 12.9. The molecule has 2 rings (SSSR count). The molecule has 2 aromatic rings. The molecule has 0 bridgehead atoms. The third-order valence-corrected chi connectivity index (χ3v) is 3.93. The van der Waals surface area contributed by atoms with Crippen molar-refractivity contribution in [3.63, 3.8) is 0 Å². The number of pyridine rings is 1. The topological polar surface area (TPSA) is 102 Å². The van der Waals surface area contributed by atoms with E-state index in [1.165, 1.54) is 42.2 Å². The Labute approximate surface area is 149 Å². The minimum Gasteiger partial charge on any atom is -0.502 e. The van der Waals surface area contributed by atoms with Gasteiger partial charge >= 0.3 is 0 Å². The van der Waals surface area contributed by atoms with Gasteiger partial charge in [0, 0.05) is 39.2 Å². The molecule has 7 nitrogen and oxygen atoms in total. The fraction of sp³-hybridized carbons (Fsp3) is 0.278. The second kappa shape index (κ2) is 8.28. The largest absolute Gasteiger partial charge is 0.502 e. The lowest BCUT2D eigenvalue weighted by molar-refractivity contribution is -0.127. The third-order valence-electron chi connectivity index (χ3n) is 3.93. The zero-order chi connectivity index (χ0) is 19.3. The summed E-state index contributed by atoms with van der Waals surface area (Å²) < 4.78 is 12.9. The van der Waals surface area contributed by atoms with Crippen LogP contribution >= 0.6 is 0 Å². The second-order valence-corrected chi connectivity index (χ2v) is 5.89. The van der Waals surface area contributed by atoms with E-state index < -0.39 is 17.2 Å². The normalized spacial score (nSPS) is 10.4. The van der Waals surface area contributed by atoms with E-state index >= 15 is 0 Å². The van der Waals surface area contributed by atoms with E-state index in [1.54, 1.807) is 7.05 Å². The number of rotatable bonds is 6. The molecular formula is C18H20FN3O4. The fourth-order valence-corrected chi connectivity index (χ4v) is 2.24. The lowest BCUT2D eigenvalue weighted by Crippen LogP contribution is -2.28. The summed E-state index contributed by atoms with van der Waals surface area (Å²) in [5.74, 6) is -1.81. The number of halogens is 1. The molecule has 0 unspecified atom stereocenters. The summed E-state index contributed by atoms with van der Waals surface area (Å²) in [6.45, 7) is 1.90. The Morgan fingerprint density at radius 2 is 1.92 bits per heavy atom. The average molecular weight is 361 g/mol. The number of nitrogens with one attached hydrogen (secondary N) is 2. The Kier molecular flexibility index (Phi) is 6.11. The fourth-order valence-electron chi connectivity index (χ4n) is 2.24. The molecule has 0 spiro atoms. The van der Waals surface area contributed by atoms with Crippen molar-refractivity contribution in [2.75, 3.05) is 13.6 Å². The third kappa shape index (κ3) is 4.92. The van der Waals surface area contributed by atoms with Gasteiger partial charge in [-0.2, -0.15) is 0 Å². The first kappa shape index (κ1) is 19.2. The van der Waals surface area contributed by atoms with Gasteiger partial charge in [0.15, 0.2) is 5.75 Å². The summed E-state index contributed by atoms with van der Waals surface area (Å²) in [6.07, 6.45) is 0.323. The molecule has 0 atom stereocenters. The van der Waals surface area contributed by atoms with Crippen LogP contribution < -0.4 is 10.9 Å². The Hall–Kier alpha value is -3.16. The molecule has 1 heterocycles. The summed E-state index contributed by atoms with van der Waals surface area (Å²) in [5, 5.41) is 12.4. The first-order chi connectivity index (χ1) is 12.3. The number of hydrogen-bond acceptors (Lipinski definition) is 4. The quantitative estimate of drug-likeness (QED) is 0.719. The number of nitrogens with zero attached hydrogens (tertiary/aromatic N) is 1. The van der Waals surface area contributed by atoms with Crippen LogP contribution in [0.2, 0.25) is 0 Å². The zero-order valence-electron chi connectivity index (χ0n) is 14.5. The molecule has 0 saturated carbocycles. The summed E-state index contributed by atoms with van der Waals surface area (Å²) in [4.78, 5) is 39.3. The Morgan fingerprint density at radius 1 is 1.27 bits per heavy atom. The Balaban J connectivity index is 2.11. The smallest absolute Gasteiger partial charge is 0.291 e. The molecule has 0 aliphatic carbocycles. The van der Waals surface area contributed by atoms with E-state index in [1.807, 2.05) is 0 Å². The van der Waals surface area contributed by atoms with Gasteiger partial charge in [-0.05, 0) is 23.8 Å². The van der Waals surface area contributed by atoms with Crippen LogP contribution in [0.25, 0.3) is 0 Å². The van der Waals surface area contributed by atoms with Gasteiger partial charge in [0.25, 0.3) is 11.5 Å². The number of carbonyl (C=O) groups excluding carboxylic acids is 2. The van der Waals surface area contributed by atoms with Gasteiger partial charge in [-0.25, -0.2) is 4.39 Å². The van der Waals surface area contributed by atoms with Crippen molar-refractivity contribution in [1.29, 1.82) is 0 Å². The lowest BCUT2D eigenvalue weighted by Gasteiger charge is -2.15. The highest BCUT2D eigenvalue weighted by Gasteiger charge is 2.16. The minimum absolute atomic E-state index is 0.119. The summed E-state index contributed by atoms with van der Waals surface area (Å²) in [5.41, 5.74) is 0.163. The van der Waals surface area contributed by atoms with Crippen molar-refractivity contribution in [2.24, 2.45) is 0 Å². The molecule has 0 saturated heterocycles. The van der Waals surface area contributed by atoms with Crippen molar-refractivity contribution < 1.29 is 19.1 Å². The molecule has 0 fully saturated rings.